The van der Waals surface area contributed by atoms with Gasteiger partial charge in [-0.1, -0.05) is 55.7 Å². The average molecular weight is 383 g/mol. The van der Waals surface area contributed by atoms with E-state index in [4.69, 9.17) is 0 Å². The van der Waals surface area contributed by atoms with E-state index in [1.54, 1.807) is 11.8 Å². The third-order valence-corrected chi connectivity index (χ3v) is 6.26. The first-order valence-corrected chi connectivity index (χ1v) is 11.0. The van der Waals surface area contributed by atoms with Crippen LogP contribution in [-0.2, 0) is 11.3 Å². The molecule has 0 bridgehead atoms. The van der Waals surface area contributed by atoms with Crippen LogP contribution in [0.25, 0.3) is 0 Å². The third-order valence-electron chi connectivity index (χ3n) is 5.25. The van der Waals surface area contributed by atoms with Gasteiger partial charge in [-0.2, -0.15) is 0 Å². The molecule has 3 nitrogen and oxygen atoms in total. The van der Waals surface area contributed by atoms with Gasteiger partial charge in [-0.15, -0.1) is 11.8 Å². The van der Waals surface area contributed by atoms with E-state index in [1.165, 1.54) is 42.6 Å². The fraction of sp³-hybridized carbons (Fsp3) is 0.435. The van der Waals surface area contributed by atoms with Gasteiger partial charge in [0, 0.05) is 35.3 Å². The molecule has 4 heteroatoms. The average Bonchev–Trinajstić information content (AvgIpc) is 2.71. The lowest BCUT2D eigenvalue weighted by atomic mass is 9.94. The molecular formula is C23H30N2OS. The molecule has 144 valence electrons. The standard InChI is InChI=1S/C23H30N2OS/c1-25(20-11-4-2-5-12-20)18-19-10-8-9-15-22(19)24-23(26)16-17-27-21-13-6-3-7-14-21/h3,6-10,13-15,20H,2,4-5,11-12,16-18H2,1H3,(H,24,26). The van der Waals surface area contributed by atoms with E-state index in [-0.39, 0.29) is 5.91 Å². The molecule has 0 unspecified atom stereocenters. The molecule has 1 fully saturated rings. The maximum atomic E-state index is 12.4. The first-order chi connectivity index (χ1) is 13.2. The Morgan fingerprint density at radius 2 is 1.74 bits per heavy atom. The summed E-state index contributed by atoms with van der Waals surface area (Å²) in [6.45, 7) is 0.889. The van der Waals surface area contributed by atoms with E-state index in [0.717, 1.165) is 18.0 Å². The molecule has 27 heavy (non-hydrogen) atoms. The van der Waals surface area contributed by atoms with E-state index in [1.807, 2.05) is 30.3 Å². The molecule has 0 aliphatic heterocycles. The van der Waals surface area contributed by atoms with Gasteiger partial charge < -0.3 is 5.32 Å². The molecule has 1 aliphatic rings. The minimum absolute atomic E-state index is 0.0891. The summed E-state index contributed by atoms with van der Waals surface area (Å²) in [6.07, 6.45) is 7.16. The Balaban J connectivity index is 1.51. The highest BCUT2D eigenvalue weighted by molar-refractivity contribution is 7.99. The Hall–Kier alpha value is -1.78. The summed E-state index contributed by atoms with van der Waals surface area (Å²) in [6, 6.07) is 19.1. The van der Waals surface area contributed by atoms with Gasteiger partial charge in [-0.05, 0) is 43.7 Å². The van der Waals surface area contributed by atoms with Crippen LogP contribution in [0.3, 0.4) is 0 Å². The fourth-order valence-electron chi connectivity index (χ4n) is 3.69. The second kappa shape index (κ2) is 10.5. The van der Waals surface area contributed by atoms with Crippen molar-refractivity contribution >= 4 is 23.4 Å². The molecular weight excluding hydrogens is 352 g/mol. The van der Waals surface area contributed by atoms with E-state index >= 15 is 0 Å². The number of carbonyl (C=O) groups is 1. The number of rotatable bonds is 8. The van der Waals surface area contributed by atoms with Crippen molar-refractivity contribution in [3.63, 3.8) is 0 Å². The van der Waals surface area contributed by atoms with Crippen molar-refractivity contribution in [3.8, 4) is 0 Å². The second-order valence-electron chi connectivity index (χ2n) is 7.32. The summed E-state index contributed by atoms with van der Waals surface area (Å²) in [7, 11) is 2.21. The zero-order chi connectivity index (χ0) is 18.9. The first kappa shape index (κ1) is 20.0. The Morgan fingerprint density at radius 1 is 1.04 bits per heavy atom. The molecule has 1 aliphatic carbocycles. The number of nitrogens with one attached hydrogen (secondary N) is 1. The van der Waals surface area contributed by atoms with E-state index in [2.05, 4.69) is 41.5 Å². The number of thioether (sulfide) groups is 1. The van der Waals surface area contributed by atoms with Crippen LogP contribution in [0.1, 0.15) is 44.1 Å². The van der Waals surface area contributed by atoms with Crippen LogP contribution in [0.15, 0.2) is 59.5 Å². The van der Waals surface area contributed by atoms with Crippen molar-refractivity contribution in [1.82, 2.24) is 4.90 Å². The second-order valence-corrected chi connectivity index (χ2v) is 8.49. The van der Waals surface area contributed by atoms with Crippen LogP contribution in [0.2, 0.25) is 0 Å². The van der Waals surface area contributed by atoms with Crippen LogP contribution in [0, 0.1) is 0 Å². The lowest BCUT2D eigenvalue weighted by Crippen LogP contribution is -2.33. The predicted molar refractivity (Wildman–Crippen MR) is 115 cm³/mol. The van der Waals surface area contributed by atoms with Gasteiger partial charge in [0.2, 0.25) is 5.91 Å². The van der Waals surface area contributed by atoms with E-state index in [0.29, 0.717) is 12.5 Å². The van der Waals surface area contributed by atoms with Crippen molar-refractivity contribution in [2.75, 3.05) is 18.1 Å². The predicted octanol–water partition coefficient (Wildman–Crippen LogP) is 5.57. The van der Waals surface area contributed by atoms with Crippen molar-refractivity contribution in [1.29, 1.82) is 0 Å². The van der Waals surface area contributed by atoms with Crippen LogP contribution >= 0.6 is 11.8 Å². The molecule has 0 heterocycles. The molecule has 0 radical (unpaired) electrons. The van der Waals surface area contributed by atoms with Crippen LogP contribution < -0.4 is 5.32 Å². The molecule has 1 saturated carbocycles. The summed E-state index contributed by atoms with van der Waals surface area (Å²) in [5.74, 6) is 0.881. The summed E-state index contributed by atoms with van der Waals surface area (Å²) < 4.78 is 0. The van der Waals surface area contributed by atoms with Crippen LogP contribution in [0.5, 0.6) is 0 Å². The zero-order valence-corrected chi connectivity index (χ0v) is 17.0. The lowest BCUT2D eigenvalue weighted by Gasteiger charge is -2.31. The van der Waals surface area contributed by atoms with Crippen LogP contribution in [0.4, 0.5) is 5.69 Å². The number of hydrogen-bond donors (Lipinski definition) is 1. The van der Waals surface area contributed by atoms with Gasteiger partial charge in [-0.3, -0.25) is 9.69 Å². The summed E-state index contributed by atoms with van der Waals surface area (Å²) in [4.78, 5) is 16.1. The number of benzene rings is 2. The number of anilines is 1. The highest BCUT2D eigenvalue weighted by atomic mass is 32.2. The number of nitrogens with zero attached hydrogens (tertiary/aromatic N) is 1. The number of para-hydroxylation sites is 1. The smallest absolute Gasteiger partial charge is 0.225 e. The van der Waals surface area contributed by atoms with E-state index < -0.39 is 0 Å². The summed E-state index contributed by atoms with van der Waals surface area (Å²) in [5.41, 5.74) is 2.16. The Kier molecular flexibility index (Phi) is 7.79. The van der Waals surface area contributed by atoms with Crippen LogP contribution in [-0.4, -0.2) is 29.6 Å². The topological polar surface area (TPSA) is 32.3 Å². The van der Waals surface area contributed by atoms with Gasteiger partial charge >= 0.3 is 0 Å². The van der Waals surface area contributed by atoms with Gasteiger partial charge in [0.25, 0.3) is 0 Å². The molecule has 1 amide bonds. The Morgan fingerprint density at radius 3 is 2.52 bits per heavy atom. The van der Waals surface area contributed by atoms with Gasteiger partial charge in [0.1, 0.15) is 0 Å². The monoisotopic (exact) mass is 382 g/mol. The number of hydrogen-bond acceptors (Lipinski definition) is 3. The van der Waals surface area contributed by atoms with Crippen molar-refractivity contribution < 1.29 is 4.79 Å². The van der Waals surface area contributed by atoms with Gasteiger partial charge in [0.05, 0.1) is 0 Å². The fourth-order valence-corrected chi connectivity index (χ4v) is 4.56. The van der Waals surface area contributed by atoms with Crippen molar-refractivity contribution in [2.45, 2.75) is 56.0 Å². The molecule has 0 saturated heterocycles. The quantitative estimate of drug-likeness (QED) is 0.606. The molecule has 3 rings (SSSR count). The molecule has 2 aromatic carbocycles. The number of carbonyl (C=O) groups excluding carboxylic acids is 1. The SMILES string of the molecule is CN(Cc1ccccc1NC(=O)CCSc1ccccc1)C1CCCCC1. The largest absolute Gasteiger partial charge is 0.326 e. The summed E-state index contributed by atoms with van der Waals surface area (Å²) in [5, 5.41) is 3.13. The first-order valence-electron chi connectivity index (χ1n) is 9.98. The van der Waals surface area contributed by atoms with Gasteiger partial charge in [-0.25, -0.2) is 0 Å². The summed E-state index contributed by atoms with van der Waals surface area (Å²) >= 11 is 1.72. The molecule has 0 aromatic heterocycles. The number of amides is 1. The highest BCUT2D eigenvalue weighted by Crippen LogP contribution is 2.25. The zero-order valence-electron chi connectivity index (χ0n) is 16.2. The maximum absolute atomic E-state index is 12.4. The minimum Gasteiger partial charge on any atom is -0.326 e. The Bertz CT molecular complexity index is 713. The van der Waals surface area contributed by atoms with Crippen molar-refractivity contribution in [3.05, 3.63) is 60.2 Å². The Labute approximate surface area is 167 Å². The lowest BCUT2D eigenvalue weighted by molar-refractivity contribution is -0.115. The third kappa shape index (κ3) is 6.40. The van der Waals surface area contributed by atoms with Gasteiger partial charge in [0.15, 0.2) is 0 Å². The maximum Gasteiger partial charge on any atom is 0.225 e. The molecule has 2 aromatic rings. The molecule has 0 atom stereocenters. The normalized spacial score (nSPS) is 15.0. The van der Waals surface area contributed by atoms with Crippen molar-refractivity contribution in [2.24, 2.45) is 0 Å². The molecule has 1 N–H and O–H groups in total. The highest BCUT2D eigenvalue weighted by Gasteiger charge is 2.19. The molecule has 0 spiro atoms. The van der Waals surface area contributed by atoms with E-state index in [9.17, 15) is 4.79 Å². The minimum atomic E-state index is 0.0891.